The summed E-state index contributed by atoms with van der Waals surface area (Å²) < 4.78 is 1.47. The first-order valence-electron chi connectivity index (χ1n) is 5.51. The molecule has 2 N–H and O–H groups in total. The number of rotatable bonds is 4. The zero-order valence-corrected chi connectivity index (χ0v) is 10.1. The molecule has 0 spiro atoms. The highest BCUT2D eigenvalue weighted by atomic mass is 16.4. The van der Waals surface area contributed by atoms with Gasteiger partial charge in [-0.3, -0.25) is 14.5 Å². The molecule has 0 aliphatic heterocycles. The molecular weight excluding hydrogens is 248 g/mol. The highest BCUT2D eigenvalue weighted by molar-refractivity contribution is 5.95. The van der Waals surface area contributed by atoms with E-state index in [1.54, 1.807) is 19.2 Å². The Balaban J connectivity index is 2.18. The monoisotopic (exact) mass is 260 g/mol. The summed E-state index contributed by atoms with van der Waals surface area (Å²) in [6, 6.07) is 3.69. The molecule has 0 saturated carbocycles. The van der Waals surface area contributed by atoms with Gasteiger partial charge in [0.25, 0.3) is 5.91 Å². The summed E-state index contributed by atoms with van der Waals surface area (Å²) in [7, 11) is 1.67. The first-order valence-corrected chi connectivity index (χ1v) is 5.51. The SMILES string of the molecule is Cn1cc(C(NC(=O)c2ccccn2)C(=O)O)cn1. The van der Waals surface area contributed by atoms with Crippen LogP contribution in [-0.2, 0) is 11.8 Å². The minimum atomic E-state index is -1.16. The van der Waals surface area contributed by atoms with Crippen molar-refractivity contribution in [2.24, 2.45) is 7.05 Å². The molecule has 1 atom stereocenters. The molecule has 7 heteroatoms. The third kappa shape index (κ3) is 2.95. The number of hydrogen-bond acceptors (Lipinski definition) is 4. The first kappa shape index (κ1) is 12.7. The Bertz CT molecular complexity index is 594. The van der Waals surface area contributed by atoms with Gasteiger partial charge >= 0.3 is 5.97 Å². The molecule has 0 fully saturated rings. The number of aliphatic carboxylic acids is 1. The number of carboxylic acids is 1. The fourth-order valence-electron chi connectivity index (χ4n) is 1.58. The summed E-state index contributed by atoms with van der Waals surface area (Å²) in [6.45, 7) is 0. The number of carbonyl (C=O) groups is 2. The average molecular weight is 260 g/mol. The number of aromatic nitrogens is 3. The fourth-order valence-corrected chi connectivity index (χ4v) is 1.58. The van der Waals surface area contributed by atoms with Gasteiger partial charge in [-0.15, -0.1) is 0 Å². The van der Waals surface area contributed by atoms with E-state index < -0.39 is 17.9 Å². The Hall–Kier alpha value is -2.70. The number of pyridine rings is 1. The second-order valence-corrected chi connectivity index (χ2v) is 3.91. The van der Waals surface area contributed by atoms with Crippen LogP contribution < -0.4 is 5.32 Å². The van der Waals surface area contributed by atoms with Crippen LogP contribution in [0.2, 0.25) is 0 Å². The van der Waals surface area contributed by atoms with E-state index >= 15 is 0 Å². The summed E-state index contributed by atoms with van der Waals surface area (Å²) in [5, 5.41) is 15.5. The third-order valence-corrected chi connectivity index (χ3v) is 2.48. The predicted molar refractivity (Wildman–Crippen MR) is 65.3 cm³/mol. The number of carboxylic acid groups (broad SMARTS) is 1. The minimum Gasteiger partial charge on any atom is -0.479 e. The van der Waals surface area contributed by atoms with Crippen LogP contribution in [0.25, 0.3) is 0 Å². The molecule has 0 radical (unpaired) electrons. The molecule has 0 aliphatic rings. The van der Waals surface area contributed by atoms with E-state index in [1.165, 1.54) is 29.3 Å². The topological polar surface area (TPSA) is 97.1 Å². The van der Waals surface area contributed by atoms with Crippen LogP contribution in [0.5, 0.6) is 0 Å². The zero-order chi connectivity index (χ0) is 13.8. The molecule has 19 heavy (non-hydrogen) atoms. The van der Waals surface area contributed by atoms with E-state index in [0.717, 1.165) is 0 Å². The number of hydrogen-bond donors (Lipinski definition) is 2. The van der Waals surface area contributed by atoms with Gasteiger partial charge in [0.1, 0.15) is 5.69 Å². The second kappa shape index (κ2) is 5.30. The van der Waals surface area contributed by atoms with Gasteiger partial charge in [-0.25, -0.2) is 4.79 Å². The fraction of sp³-hybridized carbons (Fsp3) is 0.167. The Kier molecular flexibility index (Phi) is 3.56. The molecule has 2 rings (SSSR count). The number of carbonyl (C=O) groups excluding carboxylic acids is 1. The van der Waals surface area contributed by atoms with Crippen LogP contribution in [0.1, 0.15) is 22.1 Å². The maximum absolute atomic E-state index is 11.9. The average Bonchev–Trinajstić information content (AvgIpc) is 2.82. The number of nitrogens with zero attached hydrogens (tertiary/aromatic N) is 3. The van der Waals surface area contributed by atoms with Crippen molar-refractivity contribution in [2.75, 3.05) is 0 Å². The molecule has 2 aromatic rings. The highest BCUT2D eigenvalue weighted by Crippen LogP contribution is 2.12. The molecule has 2 aromatic heterocycles. The summed E-state index contributed by atoms with van der Waals surface area (Å²) in [6.07, 6.45) is 4.41. The molecular formula is C12H12N4O3. The van der Waals surface area contributed by atoms with Gasteiger partial charge in [-0.2, -0.15) is 5.10 Å². The normalized spacial score (nSPS) is 11.8. The van der Waals surface area contributed by atoms with Gasteiger partial charge in [0, 0.05) is 25.0 Å². The van der Waals surface area contributed by atoms with Crippen molar-refractivity contribution in [3.05, 3.63) is 48.0 Å². The van der Waals surface area contributed by atoms with Gasteiger partial charge in [0.15, 0.2) is 6.04 Å². The van der Waals surface area contributed by atoms with Crippen LogP contribution in [0.3, 0.4) is 0 Å². The minimum absolute atomic E-state index is 0.164. The van der Waals surface area contributed by atoms with Gasteiger partial charge in [-0.05, 0) is 12.1 Å². The Morgan fingerprint density at radius 2 is 2.21 bits per heavy atom. The molecule has 7 nitrogen and oxygen atoms in total. The standard InChI is InChI=1S/C12H12N4O3/c1-16-7-8(6-14-16)10(12(18)19)15-11(17)9-4-2-3-5-13-9/h2-7,10H,1H3,(H,15,17)(H,18,19). The molecule has 1 unspecified atom stereocenters. The van der Waals surface area contributed by atoms with Crippen LogP contribution >= 0.6 is 0 Å². The molecule has 2 heterocycles. The summed E-state index contributed by atoms with van der Waals surface area (Å²) >= 11 is 0. The second-order valence-electron chi connectivity index (χ2n) is 3.91. The number of amides is 1. The van der Waals surface area contributed by atoms with Crippen molar-refractivity contribution >= 4 is 11.9 Å². The Morgan fingerprint density at radius 3 is 2.74 bits per heavy atom. The van der Waals surface area contributed by atoms with Crippen molar-refractivity contribution in [1.82, 2.24) is 20.1 Å². The van der Waals surface area contributed by atoms with E-state index in [2.05, 4.69) is 15.4 Å². The lowest BCUT2D eigenvalue weighted by Crippen LogP contribution is -2.34. The Labute approximate surface area is 108 Å². The molecule has 0 bridgehead atoms. The zero-order valence-electron chi connectivity index (χ0n) is 10.1. The Morgan fingerprint density at radius 1 is 1.42 bits per heavy atom. The van der Waals surface area contributed by atoms with E-state index in [4.69, 9.17) is 5.11 Å². The van der Waals surface area contributed by atoms with Crippen molar-refractivity contribution in [2.45, 2.75) is 6.04 Å². The molecule has 0 aliphatic carbocycles. The lowest BCUT2D eigenvalue weighted by atomic mass is 10.1. The van der Waals surface area contributed by atoms with Crippen molar-refractivity contribution in [3.8, 4) is 0 Å². The predicted octanol–water partition coefficient (Wildman–Crippen LogP) is 0.371. The molecule has 0 saturated heterocycles. The lowest BCUT2D eigenvalue weighted by molar-refractivity contribution is -0.139. The molecule has 98 valence electrons. The van der Waals surface area contributed by atoms with Crippen molar-refractivity contribution in [1.29, 1.82) is 0 Å². The van der Waals surface area contributed by atoms with Crippen molar-refractivity contribution < 1.29 is 14.7 Å². The lowest BCUT2D eigenvalue weighted by Gasteiger charge is -2.12. The van der Waals surface area contributed by atoms with Gasteiger partial charge in [0.2, 0.25) is 0 Å². The van der Waals surface area contributed by atoms with Gasteiger partial charge in [0.05, 0.1) is 6.20 Å². The summed E-state index contributed by atoms with van der Waals surface area (Å²) in [4.78, 5) is 26.9. The van der Waals surface area contributed by atoms with Crippen molar-refractivity contribution in [3.63, 3.8) is 0 Å². The molecule has 1 amide bonds. The largest absolute Gasteiger partial charge is 0.479 e. The quantitative estimate of drug-likeness (QED) is 0.827. The number of aryl methyl sites for hydroxylation is 1. The van der Waals surface area contributed by atoms with E-state index in [9.17, 15) is 9.59 Å². The molecule has 0 aromatic carbocycles. The third-order valence-electron chi connectivity index (χ3n) is 2.48. The van der Waals surface area contributed by atoms with Crippen LogP contribution in [-0.4, -0.2) is 31.7 Å². The summed E-state index contributed by atoms with van der Waals surface area (Å²) in [5.41, 5.74) is 0.567. The highest BCUT2D eigenvalue weighted by Gasteiger charge is 2.24. The van der Waals surface area contributed by atoms with Crippen LogP contribution in [0, 0.1) is 0 Å². The smallest absolute Gasteiger partial charge is 0.331 e. The number of nitrogens with one attached hydrogen (secondary N) is 1. The first-order chi connectivity index (χ1) is 9.08. The van der Waals surface area contributed by atoms with Gasteiger partial charge in [-0.1, -0.05) is 6.07 Å². The van der Waals surface area contributed by atoms with E-state index in [0.29, 0.717) is 5.56 Å². The van der Waals surface area contributed by atoms with Crippen LogP contribution in [0.4, 0.5) is 0 Å². The maximum Gasteiger partial charge on any atom is 0.331 e. The maximum atomic E-state index is 11.9. The van der Waals surface area contributed by atoms with E-state index in [-0.39, 0.29) is 5.69 Å². The van der Waals surface area contributed by atoms with Crippen LogP contribution in [0.15, 0.2) is 36.8 Å². The summed E-state index contributed by atoms with van der Waals surface area (Å²) in [5.74, 6) is -1.70. The van der Waals surface area contributed by atoms with E-state index in [1.807, 2.05) is 0 Å². The van der Waals surface area contributed by atoms with Gasteiger partial charge < -0.3 is 10.4 Å².